The molecule has 3 aliphatic heterocycles. The molecular formula is C39H43F2IN5O3+. The fourth-order valence-electron chi connectivity index (χ4n) is 7.90. The Morgan fingerprint density at radius 2 is 1.82 bits per heavy atom. The summed E-state index contributed by atoms with van der Waals surface area (Å²) in [6, 6.07) is 21.6. The highest BCUT2D eigenvalue weighted by Gasteiger charge is 2.64. The van der Waals surface area contributed by atoms with Crippen LogP contribution in [0.3, 0.4) is 0 Å². The molecule has 3 aromatic carbocycles. The van der Waals surface area contributed by atoms with Crippen molar-refractivity contribution in [2.75, 3.05) is 37.2 Å². The molecule has 0 aliphatic carbocycles. The summed E-state index contributed by atoms with van der Waals surface area (Å²) in [5.74, 6) is -3.58. The SMILES string of the molecule is CC[C@@H](C(=O)NCC(C)CI)[N+]12CC1c1ccccc1C[C@H](NC(=O)c1cc(C(=O)N3CCCC(F)(F)C3)cc(-c3ccccc3C#N)c1)C2. The van der Waals surface area contributed by atoms with E-state index in [2.05, 4.69) is 58.4 Å². The van der Waals surface area contributed by atoms with Gasteiger partial charge in [-0.1, -0.05) is 78.9 Å². The first-order valence-corrected chi connectivity index (χ1v) is 18.9. The quantitative estimate of drug-likeness (QED) is 0.109. The number of likely N-dealkylation sites (tertiary alicyclic amines) is 1. The van der Waals surface area contributed by atoms with Crippen LogP contribution in [0.1, 0.15) is 76.6 Å². The van der Waals surface area contributed by atoms with Crippen molar-refractivity contribution in [2.45, 2.75) is 63.6 Å². The molecule has 2 saturated heterocycles. The summed E-state index contributed by atoms with van der Waals surface area (Å²) in [6.45, 7) is 5.64. The van der Waals surface area contributed by atoms with E-state index in [-0.39, 0.29) is 54.5 Å². The summed E-state index contributed by atoms with van der Waals surface area (Å²) >= 11 is 2.33. The number of rotatable bonds is 10. The number of fused-ring (bicyclic) bond motifs is 3. The van der Waals surface area contributed by atoms with Crippen LogP contribution in [0, 0.1) is 17.2 Å². The van der Waals surface area contributed by atoms with Crippen LogP contribution in [0.2, 0.25) is 0 Å². The zero-order chi connectivity index (χ0) is 35.6. The molecule has 2 fully saturated rings. The Kier molecular flexibility index (Phi) is 10.6. The molecule has 2 N–H and O–H groups in total. The minimum atomic E-state index is -2.98. The van der Waals surface area contributed by atoms with Crippen LogP contribution in [0.25, 0.3) is 11.1 Å². The molecule has 262 valence electrons. The Labute approximate surface area is 305 Å². The van der Waals surface area contributed by atoms with Crippen LogP contribution in [-0.2, 0) is 11.2 Å². The first-order chi connectivity index (χ1) is 24.0. The summed E-state index contributed by atoms with van der Waals surface area (Å²) in [5.41, 5.74) is 4.03. The minimum absolute atomic E-state index is 0.0338. The van der Waals surface area contributed by atoms with Gasteiger partial charge in [-0.2, -0.15) is 5.26 Å². The van der Waals surface area contributed by atoms with Gasteiger partial charge in [0.1, 0.15) is 13.1 Å². The van der Waals surface area contributed by atoms with Gasteiger partial charge < -0.3 is 15.5 Å². The second-order valence-corrected chi connectivity index (χ2v) is 15.0. The summed E-state index contributed by atoms with van der Waals surface area (Å²) in [5, 5.41) is 16.3. The Morgan fingerprint density at radius 1 is 1.08 bits per heavy atom. The predicted octanol–water partition coefficient (Wildman–Crippen LogP) is 6.29. The van der Waals surface area contributed by atoms with Crippen LogP contribution in [0.4, 0.5) is 8.78 Å². The van der Waals surface area contributed by atoms with Gasteiger partial charge in [0.25, 0.3) is 23.6 Å². The number of benzene rings is 3. The lowest BCUT2D eigenvalue weighted by Crippen LogP contribution is -2.54. The molecule has 0 saturated carbocycles. The number of halogens is 3. The smallest absolute Gasteiger partial charge is 0.278 e. The summed E-state index contributed by atoms with van der Waals surface area (Å²) in [7, 11) is 0. The van der Waals surface area contributed by atoms with E-state index in [1.807, 2.05) is 19.1 Å². The van der Waals surface area contributed by atoms with Crippen molar-refractivity contribution >= 4 is 40.3 Å². The Bertz CT molecular complexity index is 1830. The first-order valence-electron chi connectivity index (χ1n) is 17.4. The first kappa shape index (κ1) is 35.9. The van der Waals surface area contributed by atoms with E-state index in [0.29, 0.717) is 53.0 Å². The molecule has 3 amide bonds. The largest absolute Gasteiger partial charge is 0.351 e. The van der Waals surface area contributed by atoms with E-state index in [9.17, 15) is 28.4 Å². The lowest BCUT2D eigenvalue weighted by atomic mass is 9.95. The van der Waals surface area contributed by atoms with Crippen molar-refractivity contribution in [3.05, 3.63) is 94.5 Å². The summed E-state index contributed by atoms with van der Waals surface area (Å²) in [6.07, 6.45) is 1.14. The van der Waals surface area contributed by atoms with E-state index in [4.69, 9.17) is 0 Å². The van der Waals surface area contributed by atoms with Crippen LogP contribution in [0.15, 0.2) is 66.7 Å². The van der Waals surface area contributed by atoms with Crippen molar-refractivity contribution in [2.24, 2.45) is 5.92 Å². The second-order valence-electron chi connectivity index (χ2n) is 14.1. The normalized spacial score (nSPS) is 23.2. The number of hydrogen-bond acceptors (Lipinski definition) is 4. The lowest BCUT2D eigenvalue weighted by Gasteiger charge is -2.32. The van der Waals surface area contributed by atoms with E-state index >= 15 is 0 Å². The molecule has 3 unspecified atom stereocenters. The number of quaternary nitrogens is 1. The fraction of sp³-hybridized carbons (Fsp3) is 0.436. The maximum Gasteiger partial charge on any atom is 0.278 e. The van der Waals surface area contributed by atoms with E-state index in [1.54, 1.807) is 36.4 Å². The third kappa shape index (κ3) is 7.42. The number of amides is 3. The second kappa shape index (κ2) is 14.8. The standard InChI is InChI=1S/C39H42F2IN5O3/c1-3-34(37(49)44-21-25(2)19-42)47-22-31(18-26-9-4-7-12-33(26)35(47)23-47)45-36(48)29-15-28(32-11-6-5-10-27(32)20-43)16-30(17-29)38(50)46-14-8-13-39(40,41)24-46/h4-7,9-12,15-17,25,31,34-35H,3,8,13-14,18-19,21-24H2,1-2H3,(H-,44,45,48,49)/p+1/t25?,31-,34-,35?,47?/m0/s1. The molecule has 50 heavy (non-hydrogen) atoms. The van der Waals surface area contributed by atoms with Crippen LogP contribution in [-0.4, -0.2) is 82.3 Å². The molecule has 5 atom stereocenters. The molecule has 0 aromatic heterocycles. The van der Waals surface area contributed by atoms with E-state index in [1.165, 1.54) is 11.6 Å². The number of nitrogens with zero attached hydrogens (tertiary/aromatic N) is 3. The van der Waals surface area contributed by atoms with Gasteiger partial charge in [-0.25, -0.2) is 8.78 Å². The molecule has 3 heterocycles. The van der Waals surface area contributed by atoms with Crippen molar-refractivity contribution < 1.29 is 27.6 Å². The summed E-state index contributed by atoms with van der Waals surface area (Å²) in [4.78, 5) is 42.8. The van der Waals surface area contributed by atoms with Gasteiger partial charge in [-0.3, -0.25) is 18.9 Å². The molecule has 3 aliphatic rings. The number of carbonyl (C=O) groups excluding carboxylic acids is 3. The lowest BCUT2D eigenvalue weighted by molar-refractivity contribution is -0.835. The van der Waals surface area contributed by atoms with Crippen LogP contribution in [0.5, 0.6) is 0 Å². The Morgan fingerprint density at radius 3 is 2.56 bits per heavy atom. The maximum absolute atomic E-state index is 14.4. The van der Waals surface area contributed by atoms with Gasteiger partial charge in [-0.05, 0) is 59.7 Å². The van der Waals surface area contributed by atoms with E-state index in [0.717, 1.165) is 21.4 Å². The minimum Gasteiger partial charge on any atom is -0.351 e. The maximum atomic E-state index is 14.4. The van der Waals surface area contributed by atoms with Gasteiger partial charge in [0.2, 0.25) is 0 Å². The van der Waals surface area contributed by atoms with Gasteiger partial charge in [0.05, 0.1) is 24.2 Å². The Hall–Kier alpha value is -3.89. The topological polar surface area (TPSA) is 102 Å². The molecule has 0 radical (unpaired) electrons. The molecule has 8 nitrogen and oxygen atoms in total. The van der Waals surface area contributed by atoms with Crippen molar-refractivity contribution in [3.8, 4) is 17.2 Å². The third-order valence-electron chi connectivity index (χ3n) is 10.5. The zero-order valence-corrected chi connectivity index (χ0v) is 30.6. The molecule has 11 heteroatoms. The van der Waals surface area contributed by atoms with Crippen LogP contribution < -0.4 is 10.6 Å². The van der Waals surface area contributed by atoms with Crippen molar-refractivity contribution in [3.63, 3.8) is 0 Å². The highest BCUT2D eigenvalue weighted by molar-refractivity contribution is 14.1. The number of carbonyl (C=O) groups is 3. The number of nitriles is 1. The summed E-state index contributed by atoms with van der Waals surface area (Å²) < 4.78 is 30.2. The average molecular weight is 795 g/mol. The van der Waals surface area contributed by atoms with Gasteiger partial charge in [0, 0.05) is 47.0 Å². The average Bonchev–Trinajstić information content (AvgIpc) is 3.85. The molecule has 0 bridgehead atoms. The number of piperidine rings is 1. The number of hydrogen-bond donors (Lipinski definition) is 2. The number of alkyl halides is 3. The van der Waals surface area contributed by atoms with Crippen molar-refractivity contribution in [1.82, 2.24) is 15.5 Å². The predicted molar refractivity (Wildman–Crippen MR) is 196 cm³/mol. The third-order valence-corrected chi connectivity index (χ3v) is 12.0. The molecule has 6 rings (SSSR count). The zero-order valence-electron chi connectivity index (χ0n) is 28.4. The monoisotopic (exact) mass is 794 g/mol. The highest BCUT2D eigenvalue weighted by Crippen LogP contribution is 2.51. The number of nitrogens with one attached hydrogen (secondary N) is 2. The van der Waals surface area contributed by atoms with Crippen molar-refractivity contribution in [1.29, 1.82) is 5.26 Å². The highest BCUT2D eigenvalue weighted by atomic mass is 127. The Balaban J connectivity index is 1.33. The fourth-order valence-corrected chi connectivity index (χ4v) is 8.21. The molecule has 0 spiro atoms. The van der Waals surface area contributed by atoms with Gasteiger partial charge in [0.15, 0.2) is 12.1 Å². The molecule has 3 aromatic rings. The van der Waals surface area contributed by atoms with Gasteiger partial charge in [-0.15, -0.1) is 0 Å². The van der Waals surface area contributed by atoms with E-state index < -0.39 is 24.3 Å². The molecular weight excluding hydrogens is 751 g/mol. The van der Waals surface area contributed by atoms with Crippen LogP contribution >= 0.6 is 22.6 Å². The van der Waals surface area contributed by atoms with Gasteiger partial charge >= 0.3 is 0 Å².